The van der Waals surface area contributed by atoms with Crippen LogP contribution in [0.2, 0.25) is 0 Å². The van der Waals surface area contributed by atoms with Gasteiger partial charge in [-0.3, -0.25) is 4.79 Å². The van der Waals surface area contributed by atoms with E-state index in [4.69, 9.17) is 4.74 Å². The molecule has 1 aromatic rings. The van der Waals surface area contributed by atoms with Crippen LogP contribution in [0.4, 0.5) is 4.39 Å². The van der Waals surface area contributed by atoms with Crippen LogP contribution in [-0.2, 0) is 4.79 Å². The minimum atomic E-state index is -0.347. The third kappa shape index (κ3) is 4.78. The van der Waals surface area contributed by atoms with Gasteiger partial charge in [0.1, 0.15) is 11.6 Å². The lowest BCUT2D eigenvalue weighted by Gasteiger charge is -2.16. The second kappa shape index (κ2) is 7.62. The van der Waals surface area contributed by atoms with E-state index in [1.807, 2.05) is 0 Å². The van der Waals surface area contributed by atoms with Gasteiger partial charge in [0.15, 0.2) is 6.61 Å². The van der Waals surface area contributed by atoms with E-state index in [9.17, 15) is 9.18 Å². The first kappa shape index (κ1) is 15.3. The fourth-order valence-corrected chi connectivity index (χ4v) is 2.77. The van der Waals surface area contributed by atoms with Gasteiger partial charge < -0.3 is 10.1 Å². The summed E-state index contributed by atoms with van der Waals surface area (Å²) in [7, 11) is 0. The van der Waals surface area contributed by atoms with Gasteiger partial charge in [0.05, 0.1) is 4.47 Å². The molecule has 1 amide bonds. The fraction of sp³-hybridized carbons (Fsp3) is 0.533. The van der Waals surface area contributed by atoms with Crippen molar-refractivity contribution in [2.24, 2.45) is 0 Å². The maximum absolute atomic E-state index is 13.1. The van der Waals surface area contributed by atoms with E-state index in [-0.39, 0.29) is 24.4 Å². The van der Waals surface area contributed by atoms with Crippen molar-refractivity contribution in [1.82, 2.24) is 5.32 Å². The van der Waals surface area contributed by atoms with Crippen molar-refractivity contribution in [3.8, 4) is 5.75 Å². The van der Waals surface area contributed by atoms with Gasteiger partial charge in [-0.15, -0.1) is 0 Å². The Kier molecular flexibility index (Phi) is 5.83. The van der Waals surface area contributed by atoms with Crippen LogP contribution in [0, 0.1) is 5.82 Å². The summed E-state index contributed by atoms with van der Waals surface area (Å²) in [5.74, 6) is 0.0203. The monoisotopic (exact) mass is 343 g/mol. The molecule has 1 aliphatic carbocycles. The number of amides is 1. The molecule has 3 nitrogen and oxygen atoms in total. The molecule has 2 rings (SSSR count). The number of nitrogens with one attached hydrogen (secondary N) is 1. The van der Waals surface area contributed by atoms with E-state index < -0.39 is 0 Å². The molecule has 110 valence electrons. The maximum atomic E-state index is 13.1. The zero-order chi connectivity index (χ0) is 14.4. The minimum Gasteiger partial charge on any atom is -0.484 e. The summed E-state index contributed by atoms with van der Waals surface area (Å²) in [6, 6.07) is 4.61. The Balaban J connectivity index is 1.77. The molecule has 0 radical (unpaired) electrons. The van der Waals surface area contributed by atoms with Gasteiger partial charge in [-0.05, 0) is 47.0 Å². The Morgan fingerprint density at radius 3 is 2.65 bits per heavy atom. The molecule has 0 spiro atoms. The van der Waals surface area contributed by atoms with Crippen LogP contribution in [0.25, 0.3) is 0 Å². The molecule has 0 heterocycles. The summed E-state index contributed by atoms with van der Waals surface area (Å²) in [6.45, 7) is -0.0332. The summed E-state index contributed by atoms with van der Waals surface area (Å²) >= 11 is 3.09. The average molecular weight is 344 g/mol. The highest BCUT2D eigenvalue weighted by molar-refractivity contribution is 9.10. The van der Waals surface area contributed by atoms with Gasteiger partial charge in [-0.1, -0.05) is 25.7 Å². The van der Waals surface area contributed by atoms with Crippen LogP contribution in [0.5, 0.6) is 5.75 Å². The largest absolute Gasteiger partial charge is 0.484 e. The van der Waals surface area contributed by atoms with Crippen molar-refractivity contribution in [3.63, 3.8) is 0 Å². The Labute approximate surface area is 127 Å². The third-order valence-corrected chi connectivity index (χ3v) is 4.09. The van der Waals surface area contributed by atoms with E-state index in [0.717, 1.165) is 12.8 Å². The fourth-order valence-electron chi connectivity index (χ4n) is 2.41. The van der Waals surface area contributed by atoms with Gasteiger partial charge in [-0.2, -0.15) is 0 Å². The molecule has 0 saturated heterocycles. The lowest BCUT2D eigenvalue weighted by atomic mass is 10.1. The maximum Gasteiger partial charge on any atom is 0.258 e. The summed E-state index contributed by atoms with van der Waals surface area (Å²) in [4.78, 5) is 11.8. The molecule has 0 unspecified atom stereocenters. The number of carbonyl (C=O) groups excluding carboxylic acids is 1. The van der Waals surface area contributed by atoms with Gasteiger partial charge in [0.25, 0.3) is 5.91 Å². The van der Waals surface area contributed by atoms with Crippen molar-refractivity contribution >= 4 is 21.8 Å². The normalized spacial score (nSPS) is 16.5. The zero-order valence-electron chi connectivity index (χ0n) is 11.3. The van der Waals surface area contributed by atoms with E-state index >= 15 is 0 Å². The van der Waals surface area contributed by atoms with Crippen molar-refractivity contribution in [1.29, 1.82) is 0 Å². The SMILES string of the molecule is O=C(COc1ccc(F)c(Br)c1)NC1CCCCCC1. The molecule has 0 atom stereocenters. The Hall–Kier alpha value is -1.10. The molecule has 1 fully saturated rings. The predicted molar refractivity (Wildman–Crippen MR) is 79.2 cm³/mol. The van der Waals surface area contributed by atoms with Crippen LogP contribution >= 0.6 is 15.9 Å². The first-order valence-corrected chi connectivity index (χ1v) is 7.81. The van der Waals surface area contributed by atoms with Gasteiger partial charge in [0.2, 0.25) is 0 Å². The van der Waals surface area contributed by atoms with Crippen LogP contribution in [0.15, 0.2) is 22.7 Å². The molecular weight excluding hydrogens is 325 g/mol. The Morgan fingerprint density at radius 1 is 1.30 bits per heavy atom. The zero-order valence-corrected chi connectivity index (χ0v) is 12.9. The van der Waals surface area contributed by atoms with Crippen molar-refractivity contribution < 1.29 is 13.9 Å². The molecule has 20 heavy (non-hydrogen) atoms. The molecule has 5 heteroatoms. The quantitative estimate of drug-likeness (QED) is 0.844. The Bertz CT molecular complexity index is 459. The number of ether oxygens (including phenoxy) is 1. The number of benzene rings is 1. The van der Waals surface area contributed by atoms with Crippen molar-refractivity contribution in [3.05, 3.63) is 28.5 Å². The third-order valence-electron chi connectivity index (χ3n) is 3.48. The second-order valence-corrected chi connectivity index (χ2v) is 5.97. The topological polar surface area (TPSA) is 38.3 Å². The van der Waals surface area contributed by atoms with Gasteiger partial charge in [-0.25, -0.2) is 4.39 Å². The van der Waals surface area contributed by atoms with E-state index in [1.165, 1.54) is 43.9 Å². The standard InChI is InChI=1S/C15H19BrFNO2/c16-13-9-12(7-8-14(13)17)20-10-15(19)18-11-5-3-1-2-4-6-11/h7-9,11H,1-6,10H2,(H,18,19). The molecule has 1 N–H and O–H groups in total. The van der Waals surface area contributed by atoms with Gasteiger partial charge in [0, 0.05) is 6.04 Å². The summed E-state index contributed by atoms with van der Waals surface area (Å²) in [5.41, 5.74) is 0. The van der Waals surface area contributed by atoms with Crippen LogP contribution in [0.1, 0.15) is 38.5 Å². The van der Waals surface area contributed by atoms with E-state index in [1.54, 1.807) is 0 Å². The highest BCUT2D eigenvalue weighted by atomic mass is 79.9. The molecule has 1 aromatic carbocycles. The molecule has 0 bridgehead atoms. The number of hydrogen-bond acceptors (Lipinski definition) is 2. The second-order valence-electron chi connectivity index (χ2n) is 5.12. The van der Waals surface area contributed by atoms with Crippen LogP contribution < -0.4 is 10.1 Å². The Morgan fingerprint density at radius 2 is 2.00 bits per heavy atom. The number of hydrogen-bond donors (Lipinski definition) is 1. The summed E-state index contributed by atoms with van der Waals surface area (Å²) in [6.07, 6.45) is 6.97. The minimum absolute atomic E-state index is 0.0332. The smallest absolute Gasteiger partial charge is 0.258 e. The average Bonchev–Trinajstić information content (AvgIpc) is 2.69. The first-order valence-electron chi connectivity index (χ1n) is 7.02. The molecule has 1 saturated carbocycles. The molecule has 0 aromatic heterocycles. The van der Waals surface area contributed by atoms with Crippen LogP contribution in [0.3, 0.4) is 0 Å². The number of rotatable bonds is 4. The van der Waals surface area contributed by atoms with Crippen molar-refractivity contribution in [2.45, 2.75) is 44.6 Å². The summed E-state index contributed by atoms with van der Waals surface area (Å²) in [5, 5.41) is 3.01. The van der Waals surface area contributed by atoms with Crippen molar-refractivity contribution in [2.75, 3.05) is 6.61 Å². The molecular formula is C15H19BrFNO2. The molecule has 1 aliphatic rings. The highest BCUT2D eigenvalue weighted by Gasteiger charge is 2.15. The van der Waals surface area contributed by atoms with Gasteiger partial charge >= 0.3 is 0 Å². The lowest BCUT2D eigenvalue weighted by Crippen LogP contribution is -2.37. The lowest BCUT2D eigenvalue weighted by molar-refractivity contribution is -0.123. The summed E-state index contributed by atoms with van der Waals surface area (Å²) < 4.78 is 18.8. The van der Waals surface area contributed by atoms with E-state index in [2.05, 4.69) is 21.2 Å². The number of halogens is 2. The van der Waals surface area contributed by atoms with E-state index in [0.29, 0.717) is 10.2 Å². The predicted octanol–water partition coefficient (Wildman–Crippen LogP) is 3.81. The highest BCUT2D eigenvalue weighted by Crippen LogP contribution is 2.21. The first-order chi connectivity index (χ1) is 9.65. The molecule has 0 aliphatic heterocycles. The number of carbonyl (C=O) groups is 1. The van der Waals surface area contributed by atoms with Crippen LogP contribution in [-0.4, -0.2) is 18.6 Å².